The second-order valence-electron chi connectivity index (χ2n) is 4.82. The largest absolute Gasteiger partial charge is 0.342 e. The topological polar surface area (TPSA) is 32.3 Å². The standard InChI is InChI=1S/C12H24N2O.ClH/c1-10-5-4-7-14(8-6-10)12(15)11(2)9-13-3;/h10-11,13H,4-9H2,1-3H3;1H. The van der Waals surface area contributed by atoms with Crippen LogP contribution in [0, 0.1) is 11.8 Å². The number of nitrogens with zero attached hydrogens (tertiary/aromatic N) is 1. The number of rotatable bonds is 3. The molecule has 1 N–H and O–H groups in total. The molecule has 0 aromatic heterocycles. The summed E-state index contributed by atoms with van der Waals surface area (Å²) in [6.45, 7) is 6.98. The van der Waals surface area contributed by atoms with Gasteiger partial charge in [-0.25, -0.2) is 0 Å². The first kappa shape index (κ1) is 15.7. The van der Waals surface area contributed by atoms with E-state index in [4.69, 9.17) is 0 Å². The fourth-order valence-electron chi connectivity index (χ4n) is 2.19. The van der Waals surface area contributed by atoms with Gasteiger partial charge in [-0.3, -0.25) is 4.79 Å². The lowest BCUT2D eigenvalue weighted by molar-refractivity contribution is -0.134. The molecule has 0 aliphatic carbocycles. The Morgan fingerprint density at radius 3 is 2.75 bits per heavy atom. The minimum atomic E-state index is 0. The number of nitrogens with one attached hydrogen (secondary N) is 1. The number of likely N-dealkylation sites (tertiary alicyclic amines) is 1. The molecular weight excluding hydrogens is 224 g/mol. The number of amides is 1. The summed E-state index contributed by atoms with van der Waals surface area (Å²) in [6, 6.07) is 0. The maximum absolute atomic E-state index is 12.0. The Balaban J connectivity index is 0.00000225. The van der Waals surface area contributed by atoms with Gasteiger partial charge in [-0.2, -0.15) is 0 Å². The van der Waals surface area contributed by atoms with Gasteiger partial charge in [0.1, 0.15) is 0 Å². The molecule has 2 unspecified atom stereocenters. The normalized spacial score (nSPS) is 23.2. The quantitative estimate of drug-likeness (QED) is 0.828. The molecule has 4 heteroatoms. The van der Waals surface area contributed by atoms with Crippen LogP contribution in [0.15, 0.2) is 0 Å². The molecule has 1 heterocycles. The molecule has 0 aromatic rings. The van der Waals surface area contributed by atoms with Crippen LogP contribution in [0.4, 0.5) is 0 Å². The van der Waals surface area contributed by atoms with E-state index in [2.05, 4.69) is 12.2 Å². The van der Waals surface area contributed by atoms with Gasteiger partial charge in [0.25, 0.3) is 0 Å². The minimum Gasteiger partial charge on any atom is -0.342 e. The number of halogens is 1. The van der Waals surface area contributed by atoms with Gasteiger partial charge in [-0.15, -0.1) is 12.4 Å². The summed E-state index contributed by atoms with van der Waals surface area (Å²) >= 11 is 0. The van der Waals surface area contributed by atoms with E-state index in [0.717, 1.165) is 32.0 Å². The van der Waals surface area contributed by atoms with Gasteiger partial charge in [-0.05, 0) is 32.2 Å². The van der Waals surface area contributed by atoms with E-state index in [1.807, 2.05) is 18.9 Å². The number of hydrogen-bond acceptors (Lipinski definition) is 2. The average molecular weight is 249 g/mol. The smallest absolute Gasteiger partial charge is 0.226 e. The zero-order chi connectivity index (χ0) is 11.3. The third-order valence-corrected chi connectivity index (χ3v) is 3.26. The minimum absolute atomic E-state index is 0. The Kier molecular flexibility index (Phi) is 7.77. The highest BCUT2D eigenvalue weighted by molar-refractivity contribution is 5.85. The lowest BCUT2D eigenvalue weighted by Gasteiger charge is -2.24. The molecule has 96 valence electrons. The molecule has 16 heavy (non-hydrogen) atoms. The molecule has 3 nitrogen and oxygen atoms in total. The fraction of sp³-hybridized carbons (Fsp3) is 0.917. The fourth-order valence-corrected chi connectivity index (χ4v) is 2.19. The summed E-state index contributed by atoms with van der Waals surface area (Å²) in [4.78, 5) is 14.1. The van der Waals surface area contributed by atoms with E-state index in [1.54, 1.807) is 0 Å². The molecule has 1 amide bonds. The van der Waals surface area contributed by atoms with Crippen LogP contribution in [0.2, 0.25) is 0 Å². The summed E-state index contributed by atoms with van der Waals surface area (Å²) < 4.78 is 0. The van der Waals surface area contributed by atoms with Gasteiger partial charge < -0.3 is 10.2 Å². The van der Waals surface area contributed by atoms with E-state index in [0.29, 0.717) is 5.91 Å². The predicted molar refractivity (Wildman–Crippen MR) is 69.9 cm³/mol. The molecule has 1 saturated heterocycles. The van der Waals surface area contributed by atoms with Gasteiger partial charge in [0.2, 0.25) is 5.91 Å². The van der Waals surface area contributed by atoms with Crippen molar-refractivity contribution in [3.05, 3.63) is 0 Å². The van der Waals surface area contributed by atoms with Gasteiger partial charge in [0, 0.05) is 25.6 Å². The van der Waals surface area contributed by atoms with Gasteiger partial charge in [0.05, 0.1) is 0 Å². The zero-order valence-corrected chi connectivity index (χ0v) is 11.5. The molecule has 0 radical (unpaired) electrons. The van der Waals surface area contributed by atoms with Crippen LogP contribution in [0.1, 0.15) is 33.1 Å². The highest BCUT2D eigenvalue weighted by atomic mass is 35.5. The lowest BCUT2D eigenvalue weighted by atomic mass is 10.0. The first-order chi connectivity index (χ1) is 7.15. The van der Waals surface area contributed by atoms with Crippen molar-refractivity contribution in [3.8, 4) is 0 Å². The Labute approximate surface area is 105 Å². The molecule has 0 saturated carbocycles. The highest BCUT2D eigenvalue weighted by Crippen LogP contribution is 2.17. The van der Waals surface area contributed by atoms with E-state index in [9.17, 15) is 4.79 Å². The van der Waals surface area contributed by atoms with Crippen molar-refractivity contribution in [2.24, 2.45) is 11.8 Å². The summed E-state index contributed by atoms with van der Waals surface area (Å²) in [5, 5.41) is 3.06. The number of carbonyl (C=O) groups excluding carboxylic acids is 1. The number of hydrogen-bond donors (Lipinski definition) is 1. The summed E-state index contributed by atoms with van der Waals surface area (Å²) in [5.74, 6) is 1.21. The van der Waals surface area contributed by atoms with E-state index >= 15 is 0 Å². The Bertz CT molecular complexity index is 211. The Morgan fingerprint density at radius 1 is 1.44 bits per heavy atom. The molecule has 0 bridgehead atoms. The molecule has 1 rings (SSSR count). The van der Waals surface area contributed by atoms with Crippen molar-refractivity contribution < 1.29 is 4.79 Å². The molecule has 0 spiro atoms. The zero-order valence-electron chi connectivity index (χ0n) is 10.7. The SMILES string of the molecule is CNCC(C)C(=O)N1CCCC(C)CC1.Cl. The van der Waals surface area contributed by atoms with Crippen LogP contribution in [-0.4, -0.2) is 37.5 Å². The van der Waals surface area contributed by atoms with Crippen molar-refractivity contribution >= 4 is 18.3 Å². The third kappa shape index (κ3) is 4.71. The summed E-state index contributed by atoms with van der Waals surface area (Å²) in [7, 11) is 1.90. The van der Waals surface area contributed by atoms with Gasteiger partial charge >= 0.3 is 0 Å². The van der Waals surface area contributed by atoms with E-state index in [1.165, 1.54) is 12.8 Å². The van der Waals surface area contributed by atoms with Crippen molar-refractivity contribution in [2.45, 2.75) is 33.1 Å². The molecule has 0 aromatic carbocycles. The van der Waals surface area contributed by atoms with Crippen LogP contribution < -0.4 is 5.32 Å². The second kappa shape index (κ2) is 7.91. The van der Waals surface area contributed by atoms with Crippen LogP contribution in [-0.2, 0) is 4.79 Å². The second-order valence-corrected chi connectivity index (χ2v) is 4.82. The number of carbonyl (C=O) groups is 1. The predicted octanol–water partition coefficient (Wildman–Crippen LogP) is 1.91. The Morgan fingerprint density at radius 2 is 2.12 bits per heavy atom. The first-order valence-corrected chi connectivity index (χ1v) is 6.08. The molecule has 1 aliphatic rings. The van der Waals surface area contributed by atoms with Crippen LogP contribution >= 0.6 is 12.4 Å². The summed E-state index contributed by atoms with van der Waals surface area (Å²) in [6.07, 6.45) is 3.60. The van der Waals surface area contributed by atoms with Crippen molar-refractivity contribution in [2.75, 3.05) is 26.7 Å². The van der Waals surface area contributed by atoms with Gasteiger partial charge in [0.15, 0.2) is 0 Å². The van der Waals surface area contributed by atoms with E-state index in [-0.39, 0.29) is 18.3 Å². The first-order valence-electron chi connectivity index (χ1n) is 6.08. The maximum Gasteiger partial charge on any atom is 0.226 e. The molecule has 2 atom stereocenters. The van der Waals surface area contributed by atoms with Crippen LogP contribution in [0.3, 0.4) is 0 Å². The van der Waals surface area contributed by atoms with Crippen LogP contribution in [0.5, 0.6) is 0 Å². The molecular formula is C12H25ClN2O. The summed E-state index contributed by atoms with van der Waals surface area (Å²) in [5.41, 5.74) is 0. The van der Waals surface area contributed by atoms with Crippen LogP contribution in [0.25, 0.3) is 0 Å². The average Bonchev–Trinajstić information content (AvgIpc) is 2.42. The van der Waals surface area contributed by atoms with Crippen molar-refractivity contribution in [3.63, 3.8) is 0 Å². The van der Waals surface area contributed by atoms with Crippen molar-refractivity contribution in [1.82, 2.24) is 10.2 Å². The monoisotopic (exact) mass is 248 g/mol. The third-order valence-electron chi connectivity index (χ3n) is 3.26. The Hall–Kier alpha value is -0.280. The van der Waals surface area contributed by atoms with Gasteiger partial charge in [-0.1, -0.05) is 13.8 Å². The molecule has 1 fully saturated rings. The van der Waals surface area contributed by atoms with E-state index < -0.39 is 0 Å². The molecule has 1 aliphatic heterocycles. The van der Waals surface area contributed by atoms with Crippen molar-refractivity contribution in [1.29, 1.82) is 0 Å². The maximum atomic E-state index is 12.0. The lowest BCUT2D eigenvalue weighted by Crippen LogP contribution is -2.39. The highest BCUT2D eigenvalue weighted by Gasteiger charge is 2.22.